The van der Waals surface area contributed by atoms with Crippen molar-refractivity contribution in [3.05, 3.63) is 112 Å². The maximum atomic E-state index is 14.5. The van der Waals surface area contributed by atoms with Crippen molar-refractivity contribution in [1.82, 2.24) is 68.1 Å². The van der Waals surface area contributed by atoms with Gasteiger partial charge in [0.2, 0.25) is 11.9 Å². The van der Waals surface area contributed by atoms with E-state index in [1.165, 1.54) is 49.4 Å². The van der Waals surface area contributed by atoms with Gasteiger partial charge in [-0.3, -0.25) is 46.8 Å². The Morgan fingerprint density at radius 3 is 0.973 bits per heavy atom. The van der Waals surface area contributed by atoms with E-state index in [-0.39, 0.29) is 82.6 Å². The third kappa shape index (κ3) is 36.4. The fourth-order valence-corrected chi connectivity index (χ4v) is 24.9. The summed E-state index contributed by atoms with van der Waals surface area (Å²) in [7, 11) is -67.6. The first-order valence-corrected chi connectivity index (χ1v) is 56.0. The van der Waals surface area contributed by atoms with Crippen molar-refractivity contribution in [2.24, 2.45) is 20.5 Å². The molecule has 24 atom stereocenters. The minimum atomic E-state index is -5.80. The molecule has 0 aliphatic carbocycles. The van der Waals surface area contributed by atoms with Gasteiger partial charge in [0.05, 0.1) is 74.3 Å². The fourth-order valence-electron chi connectivity index (χ4n) is 12.7. The number of aromatic nitrogens is 14. The average molecular weight is 2340 g/mol. The number of hydrogen-bond acceptors (Lipinski definition) is 50. The van der Waals surface area contributed by atoms with Crippen LogP contribution >= 0.6 is 93.9 Å². The van der Waals surface area contributed by atoms with Crippen LogP contribution in [0.4, 0.5) is 41.1 Å². The Kier molecular flexibility index (Phi) is 38.7. The van der Waals surface area contributed by atoms with Crippen LogP contribution < -0.4 is 34.1 Å². The number of nitrogens with two attached hydrogens (primary N) is 4. The van der Waals surface area contributed by atoms with Crippen molar-refractivity contribution in [1.29, 1.82) is 0 Å². The molecule has 96 heteroatoms. The predicted molar refractivity (Wildman–Crippen MR) is 457 cm³/mol. The lowest BCUT2D eigenvalue weighted by molar-refractivity contribution is -0.179. The second-order valence-corrected chi connectivity index (χ2v) is 46.5. The molecule has 12 heterocycles. The molecule has 4 aliphatic heterocycles. The molecule has 12 rings (SSSR count). The number of azide groups is 4. The lowest BCUT2D eigenvalue weighted by Crippen LogP contribution is -2.35. The SMILES string of the molecule is CC(F)(N=[N+]=[N-])OC1C[C@H](n2ccc3c(=O)[nH]c(N)nc32)O[C@@H]1COP(=O)(O)OP(=O)(O)OP(=O)(O)O.CC(F)(N=[N+]=[N-])OC1C[C@H](n2ccc3c(N)ncnc32)O[C@@H]1COP(=O)(O)OP(=O)(O)OP(=O)(O)O.CC(F)(N=[N+]=[N-])OC1C[C@H](n2cnc3c(=O)[nH]c(N)nc32)O[C@@H]1COP(=O)(O)OP(=O)(O)OP(=O)(O)O.CC(F)(N=[N+]=[N-])OC1C[C@H](n2cnc3c(N)ncnc32)O[C@@H]1COP(=O)(O)OP(=O)(O)OP(=O)(O)O. The number of phosphoric acid groups is 12. The zero-order valence-electron chi connectivity index (χ0n) is 72.2. The molecule has 8 aromatic rings. The van der Waals surface area contributed by atoms with Crippen LogP contribution in [0.15, 0.2) is 79.9 Å². The molecule has 146 heavy (non-hydrogen) atoms. The Morgan fingerprint density at radius 1 is 0.377 bits per heavy atom. The number of phosphoric ester groups is 4. The molecule has 0 spiro atoms. The van der Waals surface area contributed by atoms with E-state index in [0.717, 1.165) is 40.3 Å². The van der Waals surface area contributed by atoms with Crippen molar-refractivity contribution in [2.45, 2.75) is 151 Å². The summed E-state index contributed by atoms with van der Waals surface area (Å²) >= 11 is 0. The molecule has 4 aliphatic rings. The van der Waals surface area contributed by atoms with Crippen LogP contribution in [-0.4, -0.2) is 246 Å². The highest BCUT2D eigenvalue weighted by Gasteiger charge is 2.52. The van der Waals surface area contributed by atoms with Crippen molar-refractivity contribution in [2.75, 3.05) is 49.4 Å². The van der Waals surface area contributed by atoms with Gasteiger partial charge in [0.1, 0.15) is 79.0 Å². The number of fused-ring (bicyclic) bond motifs is 4. The molecular formula is C50H74F4N30O50P12. The van der Waals surface area contributed by atoms with Gasteiger partial charge in [-0.15, -0.1) is 0 Å². The van der Waals surface area contributed by atoms with Crippen LogP contribution in [-0.2, 0) is 145 Å². The van der Waals surface area contributed by atoms with E-state index in [9.17, 15) is 121 Å². The summed E-state index contributed by atoms with van der Waals surface area (Å²) in [5.41, 5.74) is 56.1. The number of nitrogens with zero attached hydrogens (tertiary/aromatic N) is 24. The molecular weight excluding hydrogens is 2270 g/mol. The molecule has 80 nitrogen and oxygen atoms in total. The highest BCUT2D eigenvalue weighted by Crippen LogP contribution is 2.70. The Labute approximate surface area is 801 Å². The van der Waals surface area contributed by atoms with Gasteiger partial charge >= 0.3 is 93.9 Å². The van der Waals surface area contributed by atoms with Gasteiger partial charge in [0, 0.05) is 85.4 Å². The topological polar surface area (TPSA) is 1200 Å². The highest BCUT2D eigenvalue weighted by molar-refractivity contribution is 7.68. The van der Waals surface area contributed by atoms with Crippen LogP contribution in [0.5, 0.6) is 0 Å². The molecule has 0 bridgehead atoms. The molecule has 0 radical (unpaired) electrons. The van der Waals surface area contributed by atoms with Crippen LogP contribution in [0.1, 0.15) is 78.3 Å². The Morgan fingerprint density at radius 2 is 0.651 bits per heavy atom. The number of nitrogens with one attached hydrogen (secondary N) is 2. The van der Waals surface area contributed by atoms with Gasteiger partial charge in [0.15, 0.2) is 28.3 Å². The summed E-state index contributed by atoms with van der Waals surface area (Å²) < 4.78 is 291. The van der Waals surface area contributed by atoms with E-state index in [0.29, 0.717) is 11.0 Å². The fraction of sp³-hybridized carbons (Fsp3) is 0.560. The number of ether oxygens (including phenoxy) is 8. The van der Waals surface area contributed by atoms with Crippen molar-refractivity contribution in [3.8, 4) is 0 Å². The first kappa shape index (κ1) is 121. The minimum Gasteiger partial charge on any atom is -0.383 e. The minimum absolute atomic E-state index is 0.0495. The maximum absolute atomic E-state index is 14.5. The van der Waals surface area contributed by atoms with Crippen LogP contribution in [0.2, 0.25) is 0 Å². The van der Waals surface area contributed by atoms with E-state index < -0.39 is 229 Å². The number of rotatable bonds is 44. The van der Waals surface area contributed by atoms with Crippen LogP contribution in [0, 0.1) is 0 Å². The molecule has 0 saturated carbocycles. The quantitative estimate of drug-likeness (QED) is 0.00574. The number of nitrogen functional groups attached to an aromatic ring is 4. The molecule has 812 valence electrons. The average Bonchev–Trinajstić information content (AvgIpc) is 1.63. The molecule has 4 fully saturated rings. The summed E-state index contributed by atoms with van der Waals surface area (Å²) in [5.74, 6) is -11.9. The van der Waals surface area contributed by atoms with Gasteiger partial charge in [0.25, 0.3) is 35.0 Å². The summed E-state index contributed by atoms with van der Waals surface area (Å²) in [5, 5.41) is 11.9. The zero-order valence-corrected chi connectivity index (χ0v) is 82.9. The predicted octanol–water partition coefficient (Wildman–Crippen LogP) is 5.31. The first-order valence-electron chi connectivity index (χ1n) is 37.9. The number of alkyl halides is 4. The highest BCUT2D eigenvalue weighted by atomic mass is 31.3. The standard InChI is InChI=1S/C13H19FN7O13P3.C13H19FN7O12P3.C12H18FN8O13P3.C12H18FN8O12P3/c1-13(14,19-20-16)32-7-4-9(21-3-2-6-10(21)17-12(15)18-11(6)22)31-8(7)5-30-36(26,27)34-37(28,29)33-35(23,24)25;1-13(14,19-20-16)31-8-4-10(21-3-2-7-11(15)17-6-18-12(7)21)30-9(8)5-29-35(25,26)33-36(27,28)32-34(22,23)24;1-12(13,19-20-15)32-5-2-7(21-4-16-8-9(21)17-11(14)18-10(8)22)31-6(5)3-30-36(26,27)34-37(28,29)33-35(23,24)25;1-12(13,19-20-15)31-6-2-8(21-5-18-9-10(14)16-4-17-11(9)21)30-7(6)3-29-35(25,26)33-36(27,28)32-34(22,23)24/h2-3,7-9H,4-5H2,1H3,(H,26,27)(H,28,29)(H2,23,24,25)(H3,15,17,18,22);2-3,6,8-10H,4-5H2,1H3,(H,25,26)(H,27,28)(H2,15,17,18)(H2,22,23,24);4-7H,2-3H2,1H3,(H,26,27)(H,28,29)(H2,23,24,25)(H3,14,17,18,22);4-8H,2-3H2,1H3,(H,25,26)(H,27,28)(H2,14,16,17)(H2,22,23,24)/t7?,8-,9-,13?;8?,9-,10-,13?;5?,6-,7-,12?;6?,7-,8-,12?/m1111/s1. The number of anilines is 4. The van der Waals surface area contributed by atoms with E-state index >= 15 is 0 Å². The third-order valence-corrected chi connectivity index (χ3v) is 32.8. The molecule has 0 aromatic carbocycles. The lowest BCUT2D eigenvalue weighted by atomic mass is 10.2. The van der Waals surface area contributed by atoms with Gasteiger partial charge < -0.3 is 148 Å². The van der Waals surface area contributed by atoms with Crippen molar-refractivity contribution >= 4 is 162 Å². The Bertz CT molecular complexity index is 6690. The van der Waals surface area contributed by atoms with Gasteiger partial charge in [-0.2, -0.15) is 44.5 Å². The lowest BCUT2D eigenvalue weighted by Gasteiger charge is -2.24. The molecule has 26 N–H and O–H groups in total. The normalized spacial score (nSPS) is 25.4. The van der Waals surface area contributed by atoms with E-state index in [1.54, 1.807) is 6.07 Å². The van der Waals surface area contributed by atoms with Gasteiger partial charge in [-0.25, -0.2) is 102 Å². The number of H-pyrrole nitrogens is 2. The molecule has 4 saturated heterocycles. The summed E-state index contributed by atoms with van der Waals surface area (Å²) in [4.78, 5) is 214. The molecule has 8 aromatic heterocycles. The molecule has 16 unspecified atom stereocenters. The van der Waals surface area contributed by atoms with Gasteiger partial charge in [-0.05, 0) is 54.7 Å². The maximum Gasteiger partial charge on any atom is 0.490 e. The van der Waals surface area contributed by atoms with E-state index in [1.807, 2.05) is 0 Å². The van der Waals surface area contributed by atoms with Gasteiger partial charge in [-0.1, -0.05) is 0 Å². The number of imidazole rings is 2. The van der Waals surface area contributed by atoms with Crippen LogP contribution in [0.3, 0.4) is 0 Å². The zero-order chi connectivity index (χ0) is 110. The third-order valence-electron chi connectivity index (χ3n) is 17.6. The van der Waals surface area contributed by atoms with E-state index in [2.05, 4.69) is 143 Å². The number of halogens is 4. The Hall–Kier alpha value is -8.58. The summed E-state index contributed by atoms with van der Waals surface area (Å²) in [6, 6.07) is 2.95. The Balaban J connectivity index is 0.000000217. The second-order valence-electron chi connectivity index (χ2n) is 28.9. The first-order chi connectivity index (χ1) is 66.8. The molecule has 0 amide bonds. The van der Waals surface area contributed by atoms with Crippen molar-refractivity contribution < 1.29 is 241 Å². The number of hydrogen-bond donors (Lipinski definition) is 22. The summed E-state index contributed by atoms with van der Waals surface area (Å²) in [6.45, 7) is -0.834. The smallest absolute Gasteiger partial charge is 0.383 e. The second kappa shape index (κ2) is 46.7. The largest absolute Gasteiger partial charge is 0.490 e. The number of aromatic amines is 2. The van der Waals surface area contributed by atoms with Crippen molar-refractivity contribution in [3.63, 3.8) is 0 Å². The monoisotopic (exact) mass is 2340 g/mol. The van der Waals surface area contributed by atoms with Crippen LogP contribution in [0.25, 0.3) is 86.2 Å². The summed E-state index contributed by atoms with van der Waals surface area (Å²) in [6.07, 6.45) is -8.45. The van der Waals surface area contributed by atoms with E-state index in [4.69, 9.17) is 122 Å².